The van der Waals surface area contributed by atoms with Crippen LogP contribution in [0.4, 0.5) is 5.69 Å². The summed E-state index contributed by atoms with van der Waals surface area (Å²) in [6.07, 6.45) is 3.54. The number of amides is 1. The second-order valence-electron chi connectivity index (χ2n) is 4.72. The van der Waals surface area contributed by atoms with E-state index < -0.39 is 0 Å². The molecule has 0 saturated carbocycles. The molecule has 3 aromatic rings. The van der Waals surface area contributed by atoms with Crippen molar-refractivity contribution in [1.82, 2.24) is 0 Å². The van der Waals surface area contributed by atoms with E-state index in [1.54, 1.807) is 11.8 Å². The first-order chi connectivity index (χ1) is 10.8. The molecule has 0 saturated heterocycles. The Morgan fingerprint density at radius 3 is 2.64 bits per heavy atom. The molecule has 0 radical (unpaired) electrons. The zero-order valence-corrected chi connectivity index (χ0v) is 12.9. The lowest BCUT2D eigenvalue weighted by atomic mass is 10.1. The van der Waals surface area contributed by atoms with Crippen LogP contribution in [0.15, 0.2) is 76.2 Å². The molecule has 22 heavy (non-hydrogen) atoms. The van der Waals surface area contributed by atoms with E-state index in [0.717, 1.165) is 21.7 Å². The number of nitrogens with one attached hydrogen (secondary N) is 1. The van der Waals surface area contributed by atoms with Crippen molar-refractivity contribution in [3.63, 3.8) is 0 Å². The summed E-state index contributed by atoms with van der Waals surface area (Å²) in [5.74, 6) is 0.0721. The minimum absolute atomic E-state index is 0.248. The van der Waals surface area contributed by atoms with E-state index in [0.29, 0.717) is 5.76 Å². The topological polar surface area (TPSA) is 42.2 Å². The minimum Gasteiger partial charge on any atom is -0.459 e. The Morgan fingerprint density at radius 1 is 1.05 bits per heavy atom. The predicted octanol–water partition coefficient (Wildman–Crippen LogP) is 4.92. The number of hydrogen-bond donors (Lipinski definition) is 1. The van der Waals surface area contributed by atoms with Gasteiger partial charge in [0.1, 0.15) is 0 Å². The van der Waals surface area contributed by atoms with Gasteiger partial charge in [-0.1, -0.05) is 36.4 Å². The lowest BCUT2D eigenvalue weighted by Gasteiger charge is -2.06. The summed E-state index contributed by atoms with van der Waals surface area (Å²) in [7, 11) is 0. The highest BCUT2D eigenvalue weighted by molar-refractivity contribution is 7.98. The lowest BCUT2D eigenvalue weighted by Crippen LogP contribution is -2.11. The first kappa shape index (κ1) is 14.5. The van der Waals surface area contributed by atoms with Crippen LogP contribution in [-0.4, -0.2) is 12.2 Å². The molecule has 2 aromatic carbocycles. The van der Waals surface area contributed by atoms with Crippen molar-refractivity contribution >= 4 is 23.4 Å². The molecule has 0 aliphatic carbocycles. The van der Waals surface area contributed by atoms with Gasteiger partial charge in [0.2, 0.25) is 0 Å². The fraction of sp³-hybridized carbons (Fsp3) is 0.0556. The van der Waals surface area contributed by atoms with E-state index >= 15 is 0 Å². The van der Waals surface area contributed by atoms with Gasteiger partial charge in [0.15, 0.2) is 5.76 Å². The third-order valence-electron chi connectivity index (χ3n) is 3.28. The van der Waals surface area contributed by atoms with Crippen molar-refractivity contribution in [3.8, 4) is 11.1 Å². The molecule has 1 N–H and O–H groups in total. The van der Waals surface area contributed by atoms with E-state index in [9.17, 15) is 4.79 Å². The highest BCUT2D eigenvalue weighted by Gasteiger charge is 2.16. The van der Waals surface area contributed by atoms with Gasteiger partial charge in [0.25, 0.3) is 5.91 Å². The maximum atomic E-state index is 12.5. The predicted molar refractivity (Wildman–Crippen MR) is 90.3 cm³/mol. The van der Waals surface area contributed by atoms with Crippen molar-refractivity contribution in [1.29, 1.82) is 0 Å². The van der Waals surface area contributed by atoms with Crippen LogP contribution >= 0.6 is 11.8 Å². The Bertz CT molecular complexity index is 781. The number of thioether (sulfide) groups is 1. The number of hydrogen-bond acceptors (Lipinski definition) is 3. The number of carbonyl (C=O) groups excluding carboxylic acids is 1. The largest absolute Gasteiger partial charge is 0.459 e. The summed E-state index contributed by atoms with van der Waals surface area (Å²) in [6, 6.07) is 19.3. The Labute approximate surface area is 133 Å². The maximum absolute atomic E-state index is 12.5. The summed E-state index contributed by atoms with van der Waals surface area (Å²) in [5.41, 5.74) is 2.51. The Kier molecular flexibility index (Phi) is 4.30. The van der Waals surface area contributed by atoms with Crippen molar-refractivity contribution in [2.24, 2.45) is 0 Å². The first-order valence-electron chi connectivity index (χ1n) is 6.86. The summed E-state index contributed by atoms with van der Waals surface area (Å²) in [4.78, 5) is 13.6. The molecule has 0 atom stereocenters. The molecule has 3 nitrogen and oxygen atoms in total. The average Bonchev–Trinajstić information content (AvgIpc) is 3.05. The highest BCUT2D eigenvalue weighted by Crippen LogP contribution is 2.26. The van der Waals surface area contributed by atoms with E-state index in [1.807, 2.05) is 66.9 Å². The van der Waals surface area contributed by atoms with E-state index in [1.165, 1.54) is 6.26 Å². The van der Waals surface area contributed by atoms with Crippen LogP contribution < -0.4 is 5.32 Å². The van der Waals surface area contributed by atoms with Crippen molar-refractivity contribution < 1.29 is 9.21 Å². The third-order valence-corrected chi connectivity index (χ3v) is 4.01. The molecule has 0 bridgehead atoms. The molecule has 1 aromatic heterocycles. The van der Waals surface area contributed by atoms with Crippen molar-refractivity contribution in [2.75, 3.05) is 11.6 Å². The fourth-order valence-corrected chi connectivity index (χ4v) is 2.68. The molecule has 0 spiro atoms. The number of rotatable bonds is 4. The summed E-state index contributed by atoms with van der Waals surface area (Å²) in [6.45, 7) is 0. The quantitative estimate of drug-likeness (QED) is 0.695. The normalized spacial score (nSPS) is 10.4. The lowest BCUT2D eigenvalue weighted by molar-refractivity contribution is 0.0997. The fourth-order valence-electron chi connectivity index (χ4n) is 2.22. The second kappa shape index (κ2) is 6.54. The maximum Gasteiger partial charge on any atom is 0.292 e. The van der Waals surface area contributed by atoms with E-state index in [-0.39, 0.29) is 5.91 Å². The number of benzene rings is 2. The molecule has 0 aliphatic rings. The number of anilines is 1. The van der Waals surface area contributed by atoms with Gasteiger partial charge in [-0.15, -0.1) is 11.8 Å². The zero-order chi connectivity index (χ0) is 15.4. The average molecular weight is 309 g/mol. The summed E-state index contributed by atoms with van der Waals surface area (Å²) >= 11 is 1.63. The van der Waals surface area contributed by atoms with Crippen LogP contribution in [0.3, 0.4) is 0 Å². The second-order valence-corrected chi connectivity index (χ2v) is 5.60. The van der Waals surface area contributed by atoms with E-state index in [4.69, 9.17) is 4.42 Å². The minimum atomic E-state index is -0.248. The van der Waals surface area contributed by atoms with Gasteiger partial charge in [-0.05, 0) is 36.1 Å². The zero-order valence-electron chi connectivity index (χ0n) is 12.1. The Balaban J connectivity index is 1.86. The smallest absolute Gasteiger partial charge is 0.292 e. The first-order valence-corrected chi connectivity index (χ1v) is 8.09. The van der Waals surface area contributed by atoms with Gasteiger partial charge in [-0.3, -0.25) is 4.79 Å². The molecule has 0 aliphatic heterocycles. The molecular weight excluding hydrogens is 294 g/mol. The third kappa shape index (κ3) is 3.07. The SMILES string of the molecule is CSc1cccc(NC(=O)c2occc2-c2ccccc2)c1. The van der Waals surface area contributed by atoms with Crippen molar-refractivity contribution in [2.45, 2.75) is 4.90 Å². The van der Waals surface area contributed by atoms with Gasteiger partial charge in [0.05, 0.1) is 6.26 Å². The van der Waals surface area contributed by atoms with Crippen LogP contribution in [0, 0.1) is 0 Å². The van der Waals surface area contributed by atoms with Crippen molar-refractivity contribution in [3.05, 3.63) is 72.7 Å². The molecule has 0 unspecified atom stereocenters. The molecule has 0 fully saturated rings. The molecular formula is C18H15NO2S. The monoisotopic (exact) mass is 309 g/mol. The number of furan rings is 1. The van der Waals surface area contributed by atoms with Gasteiger partial charge in [0, 0.05) is 16.1 Å². The highest BCUT2D eigenvalue weighted by atomic mass is 32.2. The molecule has 1 amide bonds. The summed E-state index contributed by atoms with van der Waals surface area (Å²) < 4.78 is 5.39. The van der Waals surface area contributed by atoms with Gasteiger partial charge in [-0.25, -0.2) is 0 Å². The Morgan fingerprint density at radius 2 is 1.86 bits per heavy atom. The van der Waals surface area contributed by atoms with Crippen LogP contribution in [0.1, 0.15) is 10.6 Å². The summed E-state index contributed by atoms with van der Waals surface area (Å²) in [5, 5.41) is 2.88. The van der Waals surface area contributed by atoms with E-state index in [2.05, 4.69) is 5.32 Å². The Hall–Kier alpha value is -2.46. The van der Waals surface area contributed by atoms with Crippen LogP contribution in [-0.2, 0) is 0 Å². The standard InChI is InChI=1S/C18H15NO2S/c1-22-15-9-5-8-14(12-15)19-18(20)17-16(10-11-21-17)13-6-3-2-4-7-13/h2-12H,1H3,(H,19,20). The van der Waals surface area contributed by atoms with Crippen LogP contribution in [0.25, 0.3) is 11.1 Å². The molecule has 3 rings (SSSR count). The molecule has 1 heterocycles. The van der Waals surface area contributed by atoms with Gasteiger partial charge < -0.3 is 9.73 Å². The van der Waals surface area contributed by atoms with Gasteiger partial charge in [-0.2, -0.15) is 0 Å². The van der Waals surface area contributed by atoms with Crippen LogP contribution in [0.2, 0.25) is 0 Å². The number of carbonyl (C=O) groups is 1. The molecule has 4 heteroatoms. The molecule has 110 valence electrons. The van der Waals surface area contributed by atoms with Crippen LogP contribution in [0.5, 0.6) is 0 Å². The van der Waals surface area contributed by atoms with Gasteiger partial charge >= 0.3 is 0 Å².